The van der Waals surface area contributed by atoms with Crippen molar-refractivity contribution in [2.24, 2.45) is 0 Å². The van der Waals surface area contributed by atoms with Crippen LogP contribution in [0.2, 0.25) is 0 Å². The molecule has 0 unspecified atom stereocenters. The van der Waals surface area contributed by atoms with Gasteiger partial charge in [0.25, 0.3) is 0 Å². The van der Waals surface area contributed by atoms with Crippen LogP contribution in [-0.4, -0.2) is 75.0 Å². The van der Waals surface area contributed by atoms with Gasteiger partial charge in [-0.25, -0.2) is 5.01 Å². The lowest BCUT2D eigenvalue weighted by Gasteiger charge is -2.54. The topological polar surface area (TPSA) is 84.4 Å². The van der Waals surface area contributed by atoms with Crippen molar-refractivity contribution in [2.75, 3.05) is 20.1 Å². The number of fused-ring (bicyclic) bond motifs is 1. The molecule has 3 aromatic carbocycles. The van der Waals surface area contributed by atoms with E-state index in [0.29, 0.717) is 25.8 Å². The summed E-state index contributed by atoms with van der Waals surface area (Å²) < 4.78 is 0. The van der Waals surface area contributed by atoms with Crippen molar-refractivity contribution in [3.05, 3.63) is 101 Å². The first-order valence-electron chi connectivity index (χ1n) is 13.7. The Bertz CT molecular complexity index is 1390. The summed E-state index contributed by atoms with van der Waals surface area (Å²) in [6.07, 6.45) is 0.563. The zero-order valence-corrected chi connectivity index (χ0v) is 23.3. The maximum absolute atomic E-state index is 14.0. The SMILES string of the molecule is Cc1ccc(CN2C[C@H]3N(C(=O)CN(C)N3C(=O)CCc3ccccc3)[C@@H](Cc3ccc(O)cc3)C2=O)c(C)c1. The number of amides is 3. The second kappa shape index (κ2) is 11.5. The van der Waals surface area contributed by atoms with Crippen molar-refractivity contribution in [1.29, 1.82) is 0 Å². The Kier molecular flexibility index (Phi) is 7.89. The highest BCUT2D eigenvalue weighted by Gasteiger charge is 2.50. The molecule has 3 aromatic rings. The first kappa shape index (κ1) is 27.4. The lowest BCUT2D eigenvalue weighted by atomic mass is 9.97. The van der Waals surface area contributed by atoms with Crippen LogP contribution in [0.25, 0.3) is 0 Å². The van der Waals surface area contributed by atoms with Crippen molar-refractivity contribution in [1.82, 2.24) is 19.8 Å². The third-order valence-corrected chi connectivity index (χ3v) is 7.89. The number of piperazine rings is 1. The minimum Gasteiger partial charge on any atom is -0.508 e. The normalized spacial score (nSPS) is 19.6. The van der Waals surface area contributed by atoms with Gasteiger partial charge in [-0.05, 0) is 54.7 Å². The standard InChI is InChI=1S/C32H36N4O4/c1-22-9-13-26(23(2)17-22)19-34-20-29-35(28(32(34)40)18-25-10-14-27(37)15-11-25)31(39)21-33(3)36(29)30(38)16-12-24-7-5-4-6-8-24/h4-11,13-15,17,28-29,37H,12,16,18-21H2,1-3H3/t28-,29-/m0/s1. The molecule has 0 radical (unpaired) electrons. The molecular formula is C32H36N4O4. The molecule has 5 rings (SSSR count). The number of likely N-dealkylation sites (N-methyl/N-ethyl adjacent to an activating group) is 1. The summed E-state index contributed by atoms with van der Waals surface area (Å²) in [6.45, 7) is 4.71. The molecule has 40 heavy (non-hydrogen) atoms. The Morgan fingerprint density at radius 2 is 1.68 bits per heavy atom. The molecule has 8 heteroatoms. The van der Waals surface area contributed by atoms with E-state index in [2.05, 4.69) is 6.07 Å². The Morgan fingerprint density at radius 1 is 0.950 bits per heavy atom. The number of benzene rings is 3. The van der Waals surface area contributed by atoms with E-state index in [-0.39, 0.29) is 36.6 Å². The largest absolute Gasteiger partial charge is 0.508 e. The molecule has 2 fully saturated rings. The molecule has 8 nitrogen and oxygen atoms in total. The zero-order valence-electron chi connectivity index (χ0n) is 23.3. The third kappa shape index (κ3) is 5.72. The number of rotatable bonds is 7. The summed E-state index contributed by atoms with van der Waals surface area (Å²) in [6, 6.07) is 22.0. The van der Waals surface area contributed by atoms with Gasteiger partial charge in [0.05, 0.1) is 13.1 Å². The second-order valence-electron chi connectivity index (χ2n) is 10.9. The summed E-state index contributed by atoms with van der Waals surface area (Å²) >= 11 is 0. The van der Waals surface area contributed by atoms with Gasteiger partial charge in [0.2, 0.25) is 17.7 Å². The van der Waals surface area contributed by atoms with E-state index in [1.54, 1.807) is 51.1 Å². The number of hydrogen-bond acceptors (Lipinski definition) is 5. The van der Waals surface area contributed by atoms with E-state index >= 15 is 0 Å². The van der Waals surface area contributed by atoms with Gasteiger partial charge in [0.1, 0.15) is 18.0 Å². The summed E-state index contributed by atoms with van der Waals surface area (Å²) in [5.41, 5.74) is 5.18. The number of phenols is 1. The zero-order chi connectivity index (χ0) is 28.4. The number of aryl methyl sites for hydroxylation is 3. The Hall–Kier alpha value is -4.17. The summed E-state index contributed by atoms with van der Waals surface area (Å²) in [5.74, 6) is -0.265. The van der Waals surface area contributed by atoms with Crippen molar-refractivity contribution in [2.45, 2.75) is 51.9 Å². The van der Waals surface area contributed by atoms with Gasteiger partial charge < -0.3 is 14.9 Å². The highest BCUT2D eigenvalue weighted by Crippen LogP contribution is 2.30. The van der Waals surface area contributed by atoms with Crippen molar-refractivity contribution in [3.63, 3.8) is 0 Å². The van der Waals surface area contributed by atoms with Gasteiger partial charge in [-0.2, -0.15) is 0 Å². The van der Waals surface area contributed by atoms with Crippen LogP contribution in [0.4, 0.5) is 0 Å². The van der Waals surface area contributed by atoms with E-state index in [4.69, 9.17) is 0 Å². The monoisotopic (exact) mass is 540 g/mol. The van der Waals surface area contributed by atoms with Crippen LogP contribution in [0.15, 0.2) is 72.8 Å². The number of carbonyl (C=O) groups is 3. The highest BCUT2D eigenvalue weighted by atomic mass is 16.3. The van der Waals surface area contributed by atoms with Crippen LogP contribution in [-0.2, 0) is 33.8 Å². The molecule has 2 heterocycles. The molecule has 208 valence electrons. The second-order valence-corrected chi connectivity index (χ2v) is 10.9. The molecule has 0 aromatic heterocycles. The molecule has 2 aliphatic heterocycles. The van der Waals surface area contributed by atoms with E-state index in [0.717, 1.165) is 27.8 Å². The molecule has 0 aliphatic carbocycles. The molecular weight excluding hydrogens is 504 g/mol. The van der Waals surface area contributed by atoms with Gasteiger partial charge >= 0.3 is 0 Å². The first-order chi connectivity index (χ1) is 19.2. The van der Waals surface area contributed by atoms with Crippen LogP contribution in [0, 0.1) is 13.8 Å². The highest BCUT2D eigenvalue weighted by molar-refractivity contribution is 5.92. The smallest absolute Gasteiger partial charge is 0.246 e. The first-order valence-corrected chi connectivity index (χ1v) is 13.7. The molecule has 0 spiro atoms. The Labute approximate surface area is 235 Å². The third-order valence-electron chi connectivity index (χ3n) is 7.89. The fourth-order valence-electron chi connectivity index (χ4n) is 5.81. The maximum atomic E-state index is 14.0. The van der Waals surface area contributed by atoms with Crippen LogP contribution >= 0.6 is 0 Å². The van der Waals surface area contributed by atoms with E-state index < -0.39 is 12.2 Å². The predicted molar refractivity (Wildman–Crippen MR) is 152 cm³/mol. The molecule has 0 bridgehead atoms. The Morgan fingerprint density at radius 3 is 2.38 bits per heavy atom. The maximum Gasteiger partial charge on any atom is 0.246 e. The average molecular weight is 541 g/mol. The quantitative estimate of drug-likeness (QED) is 0.497. The van der Waals surface area contributed by atoms with Crippen molar-refractivity contribution in [3.8, 4) is 5.75 Å². The molecule has 2 saturated heterocycles. The lowest BCUT2D eigenvalue weighted by Crippen LogP contribution is -2.75. The molecule has 1 N–H and O–H groups in total. The number of hydrazine groups is 1. The molecule has 0 saturated carbocycles. The fraction of sp³-hybridized carbons (Fsp3) is 0.344. The Balaban J connectivity index is 1.47. The van der Waals surface area contributed by atoms with Crippen molar-refractivity contribution >= 4 is 17.7 Å². The summed E-state index contributed by atoms with van der Waals surface area (Å²) in [5, 5.41) is 13.1. The van der Waals surface area contributed by atoms with Crippen molar-refractivity contribution < 1.29 is 19.5 Å². The van der Waals surface area contributed by atoms with Crippen LogP contribution < -0.4 is 0 Å². The van der Waals surface area contributed by atoms with E-state index in [9.17, 15) is 19.5 Å². The molecule has 2 aliphatic rings. The van der Waals surface area contributed by atoms with E-state index in [1.165, 1.54) is 0 Å². The summed E-state index contributed by atoms with van der Waals surface area (Å²) in [7, 11) is 1.76. The van der Waals surface area contributed by atoms with Gasteiger partial charge in [0, 0.05) is 26.4 Å². The van der Waals surface area contributed by atoms with Crippen LogP contribution in [0.1, 0.15) is 34.2 Å². The van der Waals surface area contributed by atoms with Gasteiger partial charge in [0.15, 0.2) is 0 Å². The molecule has 3 amide bonds. The van der Waals surface area contributed by atoms with E-state index in [1.807, 2.05) is 56.3 Å². The average Bonchev–Trinajstić information content (AvgIpc) is 2.92. The summed E-state index contributed by atoms with van der Waals surface area (Å²) in [4.78, 5) is 44.6. The van der Waals surface area contributed by atoms with Crippen LogP contribution in [0.3, 0.4) is 0 Å². The number of phenolic OH excluding ortho intramolecular Hbond substituents is 1. The predicted octanol–water partition coefficient (Wildman–Crippen LogP) is 3.44. The molecule has 2 atom stereocenters. The van der Waals surface area contributed by atoms with Crippen LogP contribution in [0.5, 0.6) is 5.75 Å². The van der Waals surface area contributed by atoms with Gasteiger partial charge in [-0.3, -0.25) is 19.4 Å². The minimum absolute atomic E-state index is 0.0179. The number of hydrogen-bond donors (Lipinski definition) is 1. The number of carbonyl (C=O) groups excluding carboxylic acids is 3. The van der Waals surface area contributed by atoms with Gasteiger partial charge in [-0.1, -0.05) is 66.2 Å². The fourth-order valence-corrected chi connectivity index (χ4v) is 5.81. The minimum atomic E-state index is -0.764. The number of nitrogens with zero attached hydrogens (tertiary/aromatic N) is 4. The number of aromatic hydroxyl groups is 1. The lowest BCUT2D eigenvalue weighted by molar-refractivity contribution is -0.202. The van der Waals surface area contributed by atoms with Gasteiger partial charge in [-0.15, -0.1) is 0 Å².